The van der Waals surface area contributed by atoms with Crippen molar-refractivity contribution in [3.8, 4) is 17.5 Å². The van der Waals surface area contributed by atoms with Crippen molar-refractivity contribution < 1.29 is 14.3 Å². The summed E-state index contributed by atoms with van der Waals surface area (Å²) in [6.45, 7) is 0. The Labute approximate surface area is 101 Å². The van der Waals surface area contributed by atoms with E-state index in [4.69, 9.17) is 26.4 Å². The van der Waals surface area contributed by atoms with Crippen LogP contribution < -0.4 is 0 Å². The number of nitrogens with zero attached hydrogens (tertiary/aromatic N) is 2. The second-order valence-electron chi connectivity index (χ2n) is 3.18. The lowest BCUT2D eigenvalue weighted by Crippen LogP contribution is -1.91. The minimum absolute atomic E-state index is 0.112. The van der Waals surface area contributed by atoms with E-state index in [-0.39, 0.29) is 11.7 Å². The third-order valence-electron chi connectivity index (χ3n) is 1.99. The lowest BCUT2D eigenvalue weighted by molar-refractivity contribution is 0.0663. The number of aromatic carboxylic acids is 1. The molecule has 1 N–H and O–H groups in total. The summed E-state index contributed by atoms with van der Waals surface area (Å²) in [6.07, 6.45) is 1.10. The molecule has 0 saturated heterocycles. The number of hydrogen-bond donors (Lipinski definition) is 1. The van der Waals surface area contributed by atoms with E-state index in [0.29, 0.717) is 16.1 Å². The molecule has 2 rings (SSSR count). The lowest BCUT2D eigenvalue weighted by Gasteiger charge is -1.97. The Morgan fingerprint density at radius 1 is 1.47 bits per heavy atom. The average molecular weight is 249 g/mol. The van der Waals surface area contributed by atoms with E-state index in [9.17, 15) is 4.79 Å². The largest absolute Gasteiger partial charge is 0.475 e. The van der Waals surface area contributed by atoms with Crippen LogP contribution in [0.2, 0.25) is 5.02 Å². The number of carboxylic acid groups (broad SMARTS) is 1. The number of rotatable bonds is 2. The van der Waals surface area contributed by atoms with Crippen LogP contribution in [0.3, 0.4) is 0 Å². The van der Waals surface area contributed by atoms with Gasteiger partial charge in [-0.15, -0.1) is 0 Å². The molecule has 0 aliphatic heterocycles. The summed E-state index contributed by atoms with van der Waals surface area (Å²) in [7, 11) is 0. The van der Waals surface area contributed by atoms with Crippen molar-refractivity contribution in [3.63, 3.8) is 0 Å². The Morgan fingerprint density at radius 3 is 2.82 bits per heavy atom. The first-order valence-electron chi connectivity index (χ1n) is 4.50. The standard InChI is InChI=1S/C11H5ClN2O3/c12-8-2-6(4-13)1-7(3-8)10-14-5-9(17-10)11(15)16/h1-3,5H,(H,15,16). The fourth-order valence-corrected chi connectivity index (χ4v) is 1.52. The van der Waals surface area contributed by atoms with Crippen molar-refractivity contribution in [3.05, 3.63) is 40.7 Å². The molecule has 0 saturated carbocycles. The SMILES string of the molecule is N#Cc1cc(Cl)cc(-c2ncc(C(=O)O)o2)c1. The van der Waals surface area contributed by atoms with E-state index in [2.05, 4.69) is 4.98 Å². The van der Waals surface area contributed by atoms with Crippen molar-refractivity contribution in [2.45, 2.75) is 0 Å². The van der Waals surface area contributed by atoms with E-state index in [1.165, 1.54) is 12.1 Å². The number of benzene rings is 1. The van der Waals surface area contributed by atoms with Gasteiger partial charge in [0.15, 0.2) is 0 Å². The maximum atomic E-state index is 10.6. The van der Waals surface area contributed by atoms with Crippen LogP contribution in [0.5, 0.6) is 0 Å². The molecular formula is C11H5ClN2O3. The molecule has 1 aromatic heterocycles. The van der Waals surface area contributed by atoms with Crippen LogP contribution in [0.25, 0.3) is 11.5 Å². The number of carbonyl (C=O) groups is 1. The van der Waals surface area contributed by atoms with Gasteiger partial charge in [-0.3, -0.25) is 0 Å². The summed E-state index contributed by atoms with van der Waals surface area (Å²) < 4.78 is 5.01. The molecule has 0 unspecified atom stereocenters. The van der Waals surface area contributed by atoms with Gasteiger partial charge < -0.3 is 9.52 Å². The summed E-state index contributed by atoms with van der Waals surface area (Å²) in [5.41, 5.74) is 0.809. The molecule has 0 bridgehead atoms. The van der Waals surface area contributed by atoms with Gasteiger partial charge in [-0.05, 0) is 18.2 Å². The zero-order valence-corrected chi connectivity index (χ0v) is 9.10. The summed E-state index contributed by atoms with van der Waals surface area (Å²) in [4.78, 5) is 14.4. The number of carboxylic acids is 1. The first-order valence-corrected chi connectivity index (χ1v) is 4.88. The minimum atomic E-state index is -1.20. The highest BCUT2D eigenvalue weighted by Gasteiger charge is 2.13. The van der Waals surface area contributed by atoms with Crippen LogP contribution in [-0.2, 0) is 0 Å². The fraction of sp³-hybridized carbons (Fsp3) is 0. The molecule has 84 valence electrons. The minimum Gasteiger partial charge on any atom is -0.475 e. The van der Waals surface area contributed by atoms with Crippen molar-refractivity contribution in [2.24, 2.45) is 0 Å². The Balaban J connectivity index is 2.49. The number of aromatic nitrogens is 1. The topological polar surface area (TPSA) is 87.1 Å². The van der Waals surface area contributed by atoms with Crippen molar-refractivity contribution in [1.82, 2.24) is 4.98 Å². The normalized spacial score (nSPS) is 9.88. The first-order chi connectivity index (χ1) is 8.10. The molecule has 0 amide bonds. The molecule has 0 aliphatic carbocycles. The smallest absolute Gasteiger partial charge is 0.373 e. The molecule has 17 heavy (non-hydrogen) atoms. The van der Waals surface area contributed by atoms with Crippen molar-refractivity contribution >= 4 is 17.6 Å². The molecule has 0 spiro atoms. The van der Waals surface area contributed by atoms with Crippen LogP contribution in [0.15, 0.2) is 28.8 Å². The predicted molar refractivity (Wildman–Crippen MR) is 58.6 cm³/mol. The van der Waals surface area contributed by atoms with Crippen LogP contribution in [0, 0.1) is 11.3 Å². The molecule has 0 atom stereocenters. The number of halogens is 1. The van der Waals surface area contributed by atoms with E-state index in [1.807, 2.05) is 6.07 Å². The van der Waals surface area contributed by atoms with Gasteiger partial charge in [0.05, 0.1) is 17.8 Å². The summed E-state index contributed by atoms with van der Waals surface area (Å²) in [5, 5.41) is 17.8. The highest BCUT2D eigenvalue weighted by molar-refractivity contribution is 6.31. The zero-order valence-electron chi connectivity index (χ0n) is 8.35. The summed E-state index contributed by atoms with van der Waals surface area (Å²) >= 11 is 5.81. The third kappa shape index (κ3) is 2.27. The Kier molecular flexibility index (Phi) is 2.81. The van der Waals surface area contributed by atoms with Crippen molar-refractivity contribution in [2.75, 3.05) is 0 Å². The Hall–Kier alpha value is -2.32. The number of nitriles is 1. The average Bonchev–Trinajstić information content (AvgIpc) is 2.77. The van der Waals surface area contributed by atoms with Gasteiger partial charge in [0.25, 0.3) is 0 Å². The van der Waals surface area contributed by atoms with Crippen molar-refractivity contribution in [1.29, 1.82) is 5.26 Å². The molecule has 0 aliphatic rings. The Bertz CT molecular complexity index is 628. The number of hydrogen-bond acceptors (Lipinski definition) is 4. The van der Waals surface area contributed by atoms with Gasteiger partial charge >= 0.3 is 5.97 Å². The predicted octanol–water partition coefficient (Wildman–Crippen LogP) is 2.56. The second-order valence-corrected chi connectivity index (χ2v) is 3.61. The van der Waals surface area contributed by atoms with Gasteiger partial charge in [-0.1, -0.05) is 11.6 Å². The highest BCUT2D eigenvalue weighted by Crippen LogP contribution is 2.24. The van der Waals surface area contributed by atoms with Gasteiger partial charge in [-0.2, -0.15) is 5.26 Å². The third-order valence-corrected chi connectivity index (χ3v) is 2.21. The Morgan fingerprint density at radius 2 is 2.24 bits per heavy atom. The molecular weight excluding hydrogens is 244 g/mol. The number of oxazole rings is 1. The van der Waals surface area contributed by atoms with E-state index >= 15 is 0 Å². The summed E-state index contributed by atoms with van der Waals surface area (Å²) in [6, 6.07) is 6.49. The van der Waals surface area contributed by atoms with Gasteiger partial charge in [-0.25, -0.2) is 9.78 Å². The zero-order chi connectivity index (χ0) is 12.4. The van der Waals surface area contributed by atoms with E-state index in [1.54, 1.807) is 6.07 Å². The van der Waals surface area contributed by atoms with Gasteiger partial charge in [0.2, 0.25) is 11.7 Å². The molecule has 0 radical (unpaired) electrons. The molecule has 1 aromatic carbocycles. The quantitative estimate of drug-likeness (QED) is 0.882. The molecule has 6 heteroatoms. The summed E-state index contributed by atoms with van der Waals surface area (Å²) in [5.74, 6) is -1.36. The van der Waals surface area contributed by atoms with Crippen LogP contribution in [0.1, 0.15) is 16.1 Å². The van der Waals surface area contributed by atoms with Crippen LogP contribution in [-0.4, -0.2) is 16.1 Å². The maximum Gasteiger partial charge on any atom is 0.373 e. The fourth-order valence-electron chi connectivity index (χ4n) is 1.28. The second kappa shape index (κ2) is 4.28. The van der Waals surface area contributed by atoms with E-state index < -0.39 is 5.97 Å². The first kappa shape index (κ1) is 11.2. The molecule has 1 heterocycles. The van der Waals surface area contributed by atoms with E-state index in [0.717, 1.165) is 6.20 Å². The maximum absolute atomic E-state index is 10.6. The van der Waals surface area contributed by atoms with Gasteiger partial charge in [0, 0.05) is 10.6 Å². The van der Waals surface area contributed by atoms with Crippen LogP contribution in [0.4, 0.5) is 0 Å². The monoisotopic (exact) mass is 248 g/mol. The lowest BCUT2D eigenvalue weighted by atomic mass is 10.1. The van der Waals surface area contributed by atoms with Gasteiger partial charge in [0.1, 0.15) is 0 Å². The van der Waals surface area contributed by atoms with Crippen LogP contribution >= 0.6 is 11.6 Å². The molecule has 2 aromatic rings. The molecule has 0 fully saturated rings. The highest BCUT2D eigenvalue weighted by atomic mass is 35.5. The molecule has 5 nitrogen and oxygen atoms in total.